The van der Waals surface area contributed by atoms with E-state index in [-0.39, 0.29) is 17.2 Å². The Morgan fingerprint density at radius 1 is 1.15 bits per heavy atom. The van der Waals surface area contributed by atoms with Crippen molar-refractivity contribution in [1.82, 2.24) is 4.98 Å². The first-order valence-electron chi connectivity index (χ1n) is 6.91. The van der Waals surface area contributed by atoms with E-state index in [4.69, 9.17) is 20.9 Å². The normalized spacial score (nSPS) is 20.5. The molecule has 1 saturated heterocycles. The molecule has 0 bridgehead atoms. The van der Waals surface area contributed by atoms with Crippen molar-refractivity contribution in [2.45, 2.75) is 58.8 Å². The topological polar surface area (TPSA) is 43.4 Å². The number of hydrogen-bond acceptors (Lipinski definition) is 4. The molecular weight excluding hydrogens is 274 g/mol. The van der Waals surface area contributed by atoms with Crippen molar-refractivity contribution < 1.29 is 9.31 Å². The molecule has 1 aromatic heterocycles. The Bertz CT molecular complexity index is 490. The minimum Gasteiger partial charge on any atom is -0.399 e. The van der Waals surface area contributed by atoms with Gasteiger partial charge in [0.1, 0.15) is 11.0 Å². The summed E-state index contributed by atoms with van der Waals surface area (Å²) in [6.45, 7) is 12.2. The van der Waals surface area contributed by atoms with Crippen LogP contribution in [0.2, 0.25) is 5.15 Å². The van der Waals surface area contributed by atoms with Gasteiger partial charge in [0.05, 0.1) is 11.2 Å². The van der Waals surface area contributed by atoms with E-state index < -0.39 is 7.12 Å². The Morgan fingerprint density at radius 2 is 1.70 bits per heavy atom. The van der Waals surface area contributed by atoms with E-state index in [0.717, 1.165) is 5.46 Å². The lowest BCUT2D eigenvalue weighted by Gasteiger charge is -2.32. The molecule has 1 aromatic rings. The van der Waals surface area contributed by atoms with Gasteiger partial charge in [0.25, 0.3) is 0 Å². The molecule has 1 aliphatic rings. The molecule has 0 aliphatic carbocycles. The zero-order chi connectivity index (χ0) is 15.1. The maximum Gasteiger partial charge on any atom is 0.498 e. The maximum absolute atomic E-state index is 6.07. The van der Waals surface area contributed by atoms with Crippen LogP contribution in [0.1, 0.15) is 41.5 Å². The average molecular weight is 297 g/mol. The molecule has 4 nitrogen and oxygen atoms in total. The van der Waals surface area contributed by atoms with Crippen LogP contribution in [-0.4, -0.2) is 29.3 Å². The summed E-state index contributed by atoms with van der Waals surface area (Å²) >= 11 is 5.99. The van der Waals surface area contributed by atoms with Crippen molar-refractivity contribution in [3.05, 3.63) is 17.3 Å². The number of nitrogens with zero attached hydrogens (tertiary/aromatic N) is 1. The fourth-order valence-electron chi connectivity index (χ4n) is 2.00. The molecule has 110 valence electrons. The summed E-state index contributed by atoms with van der Waals surface area (Å²) in [4.78, 5) is 4.35. The third-order valence-corrected chi connectivity index (χ3v) is 4.04. The summed E-state index contributed by atoms with van der Waals surface area (Å²) in [6.07, 6.45) is 0. The molecular formula is C14H22BClN2O2. The van der Waals surface area contributed by atoms with E-state index in [9.17, 15) is 0 Å². The molecule has 1 fully saturated rings. The summed E-state index contributed by atoms with van der Waals surface area (Å²) in [5, 5.41) is 3.74. The third-order valence-electron chi connectivity index (χ3n) is 3.83. The van der Waals surface area contributed by atoms with Gasteiger partial charge in [-0.2, -0.15) is 0 Å². The first kappa shape index (κ1) is 15.6. The average Bonchev–Trinajstić information content (AvgIpc) is 2.46. The van der Waals surface area contributed by atoms with Gasteiger partial charge in [0, 0.05) is 11.5 Å². The fraction of sp³-hybridized carbons (Fsp3) is 0.643. The van der Waals surface area contributed by atoms with Crippen LogP contribution < -0.4 is 10.8 Å². The highest BCUT2D eigenvalue weighted by Crippen LogP contribution is 2.37. The van der Waals surface area contributed by atoms with Crippen LogP contribution in [0.15, 0.2) is 12.1 Å². The molecule has 0 radical (unpaired) electrons. The van der Waals surface area contributed by atoms with Gasteiger partial charge < -0.3 is 14.6 Å². The van der Waals surface area contributed by atoms with E-state index in [1.54, 1.807) is 6.07 Å². The van der Waals surface area contributed by atoms with Crippen LogP contribution in [-0.2, 0) is 9.31 Å². The molecule has 2 heterocycles. The molecule has 1 N–H and O–H groups in total. The summed E-state index contributed by atoms with van der Waals surface area (Å²) in [7, 11) is -0.439. The van der Waals surface area contributed by atoms with Crippen molar-refractivity contribution in [3.63, 3.8) is 0 Å². The number of aromatic nitrogens is 1. The maximum atomic E-state index is 6.07. The Kier molecular flexibility index (Phi) is 4.06. The van der Waals surface area contributed by atoms with Crippen LogP contribution in [0.25, 0.3) is 0 Å². The van der Waals surface area contributed by atoms with Gasteiger partial charge in [0.15, 0.2) is 0 Å². The third kappa shape index (κ3) is 2.95. The minimum atomic E-state index is -0.439. The van der Waals surface area contributed by atoms with E-state index in [0.29, 0.717) is 11.0 Å². The standard InChI is InChI=1S/C14H22BClN2O2/c1-9(2)17-12-10(7-8-11(16)18-12)15-19-13(3,4)14(5,6)20-15/h7-9H,1-6H3,(H,17,18). The number of pyridine rings is 1. The molecule has 20 heavy (non-hydrogen) atoms. The van der Waals surface area contributed by atoms with Crippen LogP contribution in [0.5, 0.6) is 0 Å². The lowest BCUT2D eigenvalue weighted by molar-refractivity contribution is 0.00578. The van der Waals surface area contributed by atoms with Gasteiger partial charge in [-0.25, -0.2) is 4.98 Å². The monoisotopic (exact) mass is 296 g/mol. The second-order valence-corrected chi connectivity index (χ2v) is 6.85. The van der Waals surface area contributed by atoms with Crippen molar-refractivity contribution >= 4 is 30.0 Å². The van der Waals surface area contributed by atoms with Crippen molar-refractivity contribution in [2.24, 2.45) is 0 Å². The van der Waals surface area contributed by atoms with Crippen molar-refractivity contribution in [3.8, 4) is 0 Å². The predicted octanol–water partition coefficient (Wildman–Crippen LogP) is 2.85. The van der Waals surface area contributed by atoms with Gasteiger partial charge >= 0.3 is 7.12 Å². The smallest absolute Gasteiger partial charge is 0.399 e. The lowest BCUT2D eigenvalue weighted by Crippen LogP contribution is -2.41. The summed E-state index contributed by atoms with van der Waals surface area (Å²) in [5.74, 6) is 0.714. The van der Waals surface area contributed by atoms with Gasteiger partial charge in [-0.3, -0.25) is 0 Å². The number of rotatable bonds is 3. The van der Waals surface area contributed by atoms with Crippen molar-refractivity contribution in [1.29, 1.82) is 0 Å². The zero-order valence-corrected chi connectivity index (χ0v) is 13.7. The quantitative estimate of drug-likeness (QED) is 0.688. The zero-order valence-electron chi connectivity index (χ0n) is 13.0. The Morgan fingerprint density at radius 3 is 2.20 bits per heavy atom. The van der Waals surface area contributed by atoms with Crippen LogP contribution in [0.4, 0.5) is 5.82 Å². The number of hydrogen-bond donors (Lipinski definition) is 1. The predicted molar refractivity (Wildman–Crippen MR) is 83.7 cm³/mol. The highest BCUT2D eigenvalue weighted by Gasteiger charge is 2.52. The van der Waals surface area contributed by atoms with E-state index in [1.807, 2.05) is 33.8 Å². The Hall–Kier alpha value is -0.775. The molecule has 0 atom stereocenters. The highest BCUT2D eigenvalue weighted by molar-refractivity contribution is 6.63. The first-order chi connectivity index (χ1) is 9.12. The Labute approximate surface area is 126 Å². The Balaban J connectivity index is 2.34. The summed E-state index contributed by atoms with van der Waals surface area (Å²) < 4.78 is 12.1. The molecule has 0 spiro atoms. The van der Waals surface area contributed by atoms with Gasteiger partial charge in [-0.1, -0.05) is 17.7 Å². The number of halogens is 1. The number of anilines is 1. The van der Waals surface area contributed by atoms with Gasteiger partial charge in [0.2, 0.25) is 0 Å². The first-order valence-corrected chi connectivity index (χ1v) is 7.29. The molecule has 0 saturated carbocycles. The van der Waals surface area contributed by atoms with Gasteiger partial charge in [-0.15, -0.1) is 0 Å². The van der Waals surface area contributed by atoms with Crippen molar-refractivity contribution in [2.75, 3.05) is 5.32 Å². The van der Waals surface area contributed by atoms with Crippen LogP contribution in [0, 0.1) is 0 Å². The molecule has 0 amide bonds. The molecule has 0 unspecified atom stereocenters. The fourth-order valence-corrected chi connectivity index (χ4v) is 2.14. The second-order valence-electron chi connectivity index (χ2n) is 6.46. The molecule has 0 aromatic carbocycles. The highest BCUT2D eigenvalue weighted by atomic mass is 35.5. The SMILES string of the molecule is CC(C)Nc1nc(Cl)ccc1B1OC(C)(C)C(C)(C)O1. The summed E-state index contributed by atoms with van der Waals surface area (Å²) in [5.41, 5.74) is 0.139. The second kappa shape index (κ2) is 5.21. The lowest BCUT2D eigenvalue weighted by atomic mass is 9.79. The van der Waals surface area contributed by atoms with Crippen LogP contribution in [0.3, 0.4) is 0 Å². The minimum absolute atomic E-state index is 0.252. The summed E-state index contributed by atoms with van der Waals surface area (Å²) in [6, 6.07) is 3.91. The largest absolute Gasteiger partial charge is 0.498 e. The van der Waals surface area contributed by atoms with E-state index >= 15 is 0 Å². The molecule has 6 heteroatoms. The van der Waals surface area contributed by atoms with Gasteiger partial charge in [-0.05, 0) is 47.6 Å². The van der Waals surface area contributed by atoms with Crippen LogP contribution >= 0.6 is 11.6 Å². The molecule has 2 rings (SSSR count). The van der Waals surface area contributed by atoms with E-state index in [1.165, 1.54) is 0 Å². The number of nitrogens with one attached hydrogen (secondary N) is 1. The van der Waals surface area contributed by atoms with E-state index in [2.05, 4.69) is 24.1 Å². The molecule has 1 aliphatic heterocycles.